The molecular formula is C17H36IN5O3. The normalized spacial score (nSPS) is 17.1. The van der Waals surface area contributed by atoms with Gasteiger partial charge in [-0.15, -0.1) is 24.0 Å². The van der Waals surface area contributed by atoms with Gasteiger partial charge in [-0.05, 0) is 19.9 Å². The first-order chi connectivity index (χ1) is 12.0. The highest BCUT2D eigenvalue weighted by atomic mass is 127. The molecule has 1 fully saturated rings. The number of aliphatic imine (C=N–C) groups is 1. The van der Waals surface area contributed by atoms with Crippen molar-refractivity contribution in [2.75, 3.05) is 80.8 Å². The Hall–Kier alpha value is -0.650. The van der Waals surface area contributed by atoms with E-state index in [2.05, 4.69) is 27.6 Å². The molecule has 0 radical (unpaired) electrons. The molecule has 1 saturated heterocycles. The zero-order valence-corrected chi connectivity index (χ0v) is 19.0. The third kappa shape index (κ3) is 11.9. The number of likely N-dealkylation sites (N-methyl/N-ethyl adjacent to an activating group) is 2. The van der Waals surface area contributed by atoms with Gasteiger partial charge in [0, 0.05) is 66.5 Å². The second-order valence-corrected chi connectivity index (χ2v) is 6.64. The molecular weight excluding hydrogens is 449 g/mol. The van der Waals surface area contributed by atoms with Crippen molar-refractivity contribution in [3.05, 3.63) is 0 Å². The molecule has 154 valence electrons. The topological polar surface area (TPSA) is 78.4 Å². The molecule has 1 atom stereocenters. The molecule has 2 N–H and O–H groups in total. The summed E-state index contributed by atoms with van der Waals surface area (Å²) in [6.45, 7) is 6.02. The lowest BCUT2D eigenvalue weighted by Crippen LogP contribution is -2.43. The number of nitrogens with zero attached hydrogens (tertiary/aromatic N) is 3. The summed E-state index contributed by atoms with van der Waals surface area (Å²) in [5.41, 5.74) is 0. The Morgan fingerprint density at radius 2 is 2.04 bits per heavy atom. The molecule has 1 heterocycles. The van der Waals surface area contributed by atoms with Crippen LogP contribution in [0.3, 0.4) is 0 Å². The molecule has 1 amide bonds. The van der Waals surface area contributed by atoms with Crippen molar-refractivity contribution in [1.82, 2.24) is 20.4 Å². The number of rotatable bonds is 11. The monoisotopic (exact) mass is 485 g/mol. The van der Waals surface area contributed by atoms with Gasteiger partial charge < -0.3 is 29.9 Å². The van der Waals surface area contributed by atoms with Gasteiger partial charge in [-0.2, -0.15) is 0 Å². The second-order valence-electron chi connectivity index (χ2n) is 6.64. The third-order valence-corrected chi connectivity index (χ3v) is 4.13. The van der Waals surface area contributed by atoms with Gasteiger partial charge in [-0.3, -0.25) is 4.79 Å². The summed E-state index contributed by atoms with van der Waals surface area (Å²) in [5.74, 6) is 1.18. The lowest BCUT2D eigenvalue weighted by atomic mass is 10.1. The van der Waals surface area contributed by atoms with Crippen LogP contribution < -0.4 is 10.6 Å². The van der Waals surface area contributed by atoms with Crippen molar-refractivity contribution >= 4 is 35.8 Å². The smallest absolute Gasteiger partial charge is 0.243 e. The number of halogens is 1. The van der Waals surface area contributed by atoms with E-state index >= 15 is 0 Å². The Balaban J connectivity index is 0.00000625. The molecule has 9 heteroatoms. The summed E-state index contributed by atoms with van der Waals surface area (Å²) in [7, 11) is 7.29. The zero-order chi connectivity index (χ0) is 18.5. The van der Waals surface area contributed by atoms with Gasteiger partial charge in [0.25, 0.3) is 0 Å². The number of carbonyl (C=O) groups is 1. The summed E-state index contributed by atoms with van der Waals surface area (Å²) < 4.78 is 10.5. The van der Waals surface area contributed by atoms with Gasteiger partial charge >= 0.3 is 0 Å². The van der Waals surface area contributed by atoms with Crippen LogP contribution in [0.4, 0.5) is 0 Å². The minimum absolute atomic E-state index is 0. The summed E-state index contributed by atoms with van der Waals surface area (Å²) in [6, 6.07) is 0. The van der Waals surface area contributed by atoms with E-state index in [1.807, 2.05) is 0 Å². The summed E-state index contributed by atoms with van der Waals surface area (Å²) >= 11 is 0. The largest absolute Gasteiger partial charge is 0.385 e. The Morgan fingerprint density at radius 3 is 2.65 bits per heavy atom. The number of hydrogen-bond donors (Lipinski definition) is 2. The SMILES string of the molecule is COCCCN(C)CCNC(=NCC(=O)N(C)C)NCC1CCOC1.I. The van der Waals surface area contributed by atoms with Crippen LogP contribution in [0.5, 0.6) is 0 Å². The van der Waals surface area contributed by atoms with E-state index in [0.29, 0.717) is 11.9 Å². The van der Waals surface area contributed by atoms with Crippen LogP contribution in [0.1, 0.15) is 12.8 Å². The first-order valence-corrected chi connectivity index (χ1v) is 9.00. The Labute approximate surface area is 175 Å². The molecule has 0 aromatic carbocycles. The molecule has 8 nitrogen and oxygen atoms in total. The lowest BCUT2D eigenvalue weighted by Gasteiger charge is -2.19. The van der Waals surface area contributed by atoms with Crippen molar-refractivity contribution in [2.45, 2.75) is 12.8 Å². The van der Waals surface area contributed by atoms with Crippen molar-refractivity contribution in [3.63, 3.8) is 0 Å². The minimum atomic E-state index is -0.0121. The molecule has 1 aliphatic heterocycles. The van der Waals surface area contributed by atoms with Crippen molar-refractivity contribution in [2.24, 2.45) is 10.9 Å². The molecule has 26 heavy (non-hydrogen) atoms. The number of ether oxygens (including phenoxy) is 2. The Kier molecular flexibility index (Phi) is 15.0. The van der Waals surface area contributed by atoms with Crippen LogP contribution in [0.15, 0.2) is 4.99 Å². The highest BCUT2D eigenvalue weighted by molar-refractivity contribution is 14.0. The van der Waals surface area contributed by atoms with Gasteiger partial charge in [0.2, 0.25) is 5.91 Å². The molecule has 0 bridgehead atoms. The van der Waals surface area contributed by atoms with Crippen LogP contribution >= 0.6 is 24.0 Å². The molecule has 0 saturated carbocycles. The van der Waals surface area contributed by atoms with Gasteiger partial charge in [-0.1, -0.05) is 0 Å². The minimum Gasteiger partial charge on any atom is -0.385 e. The van der Waals surface area contributed by atoms with E-state index in [4.69, 9.17) is 9.47 Å². The van der Waals surface area contributed by atoms with E-state index in [-0.39, 0.29) is 36.4 Å². The average molecular weight is 485 g/mol. The van der Waals surface area contributed by atoms with E-state index in [1.165, 1.54) is 0 Å². The maximum Gasteiger partial charge on any atom is 0.243 e. The number of hydrogen-bond acceptors (Lipinski definition) is 5. The van der Waals surface area contributed by atoms with Crippen LogP contribution in [0, 0.1) is 5.92 Å². The Bertz CT molecular complexity index is 404. The number of carbonyl (C=O) groups excluding carboxylic acids is 1. The van der Waals surface area contributed by atoms with Crippen LogP contribution in [0.2, 0.25) is 0 Å². The van der Waals surface area contributed by atoms with Gasteiger partial charge in [0.15, 0.2) is 5.96 Å². The fourth-order valence-corrected chi connectivity index (χ4v) is 2.40. The molecule has 1 rings (SSSR count). The fourth-order valence-electron chi connectivity index (χ4n) is 2.40. The van der Waals surface area contributed by atoms with E-state index in [1.54, 1.807) is 26.1 Å². The first-order valence-electron chi connectivity index (χ1n) is 9.00. The number of methoxy groups -OCH3 is 1. The van der Waals surface area contributed by atoms with Crippen LogP contribution in [-0.2, 0) is 14.3 Å². The predicted octanol–water partition coefficient (Wildman–Crippen LogP) is 0.233. The standard InChI is InChI=1S/C17H35N5O3.HI/c1-21(2)16(23)13-20-17(19-12-15-6-11-25-14-15)18-7-9-22(3)8-5-10-24-4;/h15H,5-14H2,1-4H3,(H2,18,19,20);1H. The summed E-state index contributed by atoms with van der Waals surface area (Å²) in [6.07, 6.45) is 2.09. The highest BCUT2D eigenvalue weighted by Gasteiger charge is 2.16. The molecule has 1 aliphatic rings. The molecule has 0 aromatic heterocycles. The second kappa shape index (κ2) is 15.4. The van der Waals surface area contributed by atoms with Crippen LogP contribution in [0.25, 0.3) is 0 Å². The Morgan fingerprint density at radius 1 is 1.27 bits per heavy atom. The van der Waals surface area contributed by atoms with Crippen molar-refractivity contribution < 1.29 is 14.3 Å². The van der Waals surface area contributed by atoms with Crippen molar-refractivity contribution in [1.29, 1.82) is 0 Å². The first kappa shape index (κ1) is 25.4. The molecule has 0 aromatic rings. The molecule has 0 aliphatic carbocycles. The number of nitrogens with one attached hydrogen (secondary N) is 2. The number of amides is 1. The number of guanidine groups is 1. The lowest BCUT2D eigenvalue weighted by molar-refractivity contribution is -0.127. The van der Waals surface area contributed by atoms with Gasteiger partial charge in [0.1, 0.15) is 6.54 Å². The summed E-state index contributed by atoms with van der Waals surface area (Å²) in [5, 5.41) is 6.65. The predicted molar refractivity (Wildman–Crippen MR) is 115 cm³/mol. The quantitative estimate of drug-likeness (QED) is 0.189. The summed E-state index contributed by atoms with van der Waals surface area (Å²) in [4.78, 5) is 20.0. The van der Waals surface area contributed by atoms with Crippen LogP contribution in [-0.4, -0.2) is 102 Å². The van der Waals surface area contributed by atoms with Crippen molar-refractivity contribution in [3.8, 4) is 0 Å². The van der Waals surface area contributed by atoms with E-state index < -0.39 is 0 Å². The fraction of sp³-hybridized carbons (Fsp3) is 0.882. The zero-order valence-electron chi connectivity index (χ0n) is 16.6. The average Bonchev–Trinajstić information content (AvgIpc) is 3.10. The third-order valence-electron chi connectivity index (χ3n) is 4.13. The maximum absolute atomic E-state index is 11.8. The highest BCUT2D eigenvalue weighted by Crippen LogP contribution is 2.10. The van der Waals surface area contributed by atoms with Gasteiger partial charge in [0.05, 0.1) is 6.61 Å². The maximum atomic E-state index is 11.8. The molecule has 1 unspecified atom stereocenters. The van der Waals surface area contributed by atoms with Gasteiger partial charge in [-0.25, -0.2) is 4.99 Å². The molecule has 0 spiro atoms. The van der Waals surface area contributed by atoms with E-state index in [0.717, 1.165) is 58.8 Å². The van der Waals surface area contributed by atoms with E-state index in [9.17, 15) is 4.79 Å².